The highest BCUT2D eigenvalue weighted by Crippen LogP contribution is 2.24. The van der Waals surface area contributed by atoms with Gasteiger partial charge in [-0.05, 0) is 31.2 Å². The molecule has 0 heterocycles. The number of hydrogen-bond donors (Lipinski definition) is 2. The molecule has 0 bridgehead atoms. The summed E-state index contributed by atoms with van der Waals surface area (Å²) in [7, 11) is 3.25. The molecule has 0 aromatic carbocycles. The fourth-order valence-electron chi connectivity index (χ4n) is 1.56. The normalized spacial score (nSPS) is 30.7. The van der Waals surface area contributed by atoms with Gasteiger partial charge in [-0.15, -0.1) is 0 Å². The van der Waals surface area contributed by atoms with Gasteiger partial charge in [0.15, 0.2) is 0 Å². The van der Waals surface area contributed by atoms with Crippen molar-refractivity contribution in [3.8, 4) is 0 Å². The van der Waals surface area contributed by atoms with Gasteiger partial charge in [0.25, 0.3) is 0 Å². The Balaban J connectivity index is 2.09. The van der Waals surface area contributed by atoms with E-state index in [1.807, 2.05) is 0 Å². The lowest BCUT2D eigenvalue weighted by molar-refractivity contribution is 0.228. The van der Waals surface area contributed by atoms with E-state index in [2.05, 4.69) is 5.23 Å². The molecule has 2 N–H and O–H groups in total. The minimum absolute atomic E-state index is 0.325. The van der Waals surface area contributed by atoms with Crippen molar-refractivity contribution in [2.75, 3.05) is 13.7 Å². The lowest BCUT2D eigenvalue weighted by Gasteiger charge is -2.09. The van der Waals surface area contributed by atoms with E-state index in [-0.39, 0.29) is 0 Å². The molecule has 0 amide bonds. The fraction of sp³-hybridized carbons (Fsp3) is 1.00. The maximum absolute atomic E-state index is 8.84. The van der Waals surface area contributed by atoms with Crippen LogP contribution in [-0.4, -0.2) is 32.5 Å². The summed E-state index contributed by atoms with van der Waals surface area (Å²) < 4.78 is 4.77. The van der Waals surface area contributed by atoms with Crippen molar-refractivity contribution in [1.82, 2.24) is 5.23 Å². The minimum Gasteiger partial charge on any atom is -0.427 e. The molecule has 0 aromatic rings. The molecule has 2 unspecified atom stereocenters. The summed E-state index contributed by atoms with van der Waals surface area (Å²) in [6, 6.07) is 0.507. The standard InChI is InChI=1S/C7H15BNO2/c1-11-8-9-7-3-2-6(4-7)5-10/h6-7,9-10H,2-5H2,1H3. The number of aliphatic hydroxyl groups excluding tert-OH is 1. The molecule has 0 saturated heterocycles. The van der Waals surface area contributed by atoms with Crippen LogP contribution in [0.5, 0.6) is 0 Å². The zero-order chi connectivity index (χ0) is 8.10. The molecule has 1 radical (unpaired) electrons. The van der Waals surface area contributed by atoms with E-state index in [0.29, 0.717) is 18.6 Å². The predicted molar refractivity (Wildman–Crippen MR) is 44.1 cm³/mol. The molecule has 0 aliphatic heterocycles. The summed E-state index contributed by atoms with van der Waals surface area (Å²) in [5.74, 6) is 0.498. The maximum Gasteiger partial charge on any atom is 0.395 e. The zero-order valence-electron chi connectivity index (χ0n) is 6.92. The number of nitrogens with one attached hydrogen (secondary N) is 1. The molecule has 1 aliphatic carbocycles. The van der Waals surface area contributed by atoms with Crippen LogP contribution in [-0.2, 0) is 4.65 Å². The van der Waals surface area contributed by atoms with Crippen LogP contribution in [0.1, 0.15) is 19.3 Å². The van der Waals surface area contributed by atoms with Crippen molar-refractivity contribution in [1.29, 1.82) is 0 Å². The van der Waals surface area contributed by atoms with Gasteiger partial charge in [0, 0.05) is 13.7 Å². The largest absolute Gasteiger partial charge is 0.427 e. The molecule has 3 nitrogen and oxygen atoms in total. The highest BCUT2D eigenvalue weighted by molar-refractivity contribution is 6.23. The second-order valence-corrected chi connectivity index (χ2v) is 3.08. The second kappa shape index (κ2) is 4.75. The summed E-state index contributed by atoms with van der Waals surface area (Å²) >= 11 is 0. The Labute approximate surface area is 68.4 Å². The SMILES string of the molecule is CO[B]NC1CCC(CO)C1. The van der Waals surface area contributed by atoms with Crippen LogP contribution >= 0.6 is 0 Å². The van der Waals surface area contributed by atoms with E-state index in [1.54, 1.807) is 14.7 Å². The molecule has 11 heavy (non-hydrogen) atoms. The van der Waals surface area contributed by atoms with Crippen molar-refractivity contribution < 1.29 is 9.76 Å². The molecule has 2 atom stereocenters. The average molecular weight is 156 g/mol. The van der Waals surface area contributed by atoms with E-state index in [4.69, 9.17) is 9.76 Å². The Hall–Kier alpha value is -0.0551. The molecule has 1 rings (SSSR count). The summed E-state index contributed by atoms with van der Waals surface area (Å²) in [6.45, 7) is 0.325. The van der Waals surface area contributed by atoms with Crippen LogP contribution in [0.4, 0.5) is 0 Å². The third-order valence-electron chi connectivity index (χ3n) is 2.22. The van der Waals surface area contributed by atoms with Gasteiger partial charge in [-0.3, -0.25) is 0 Å². The van der Waals surface area contributed by atoms with E-state index in [9.17, 15) is 0 Å². The lowest BCUT2D eigenvalue weighted by atomic mass is 10.1. The van der Waals surface area contributed by atoms with Crippen molar-refractivity contribution >= 4 is 7.62 Å². The predicted octanol–water partition coefficient (Wildman–Crippen LogP) is -0.0824. The Morgan fingerprint density at radius 2 is 2.45 bits per heavy atom. The monoisotopic (exact) mass is 156 g/mol. The van der Waals surface area contributed by atoms with Gasteiger partial charge >= 0.3 is 7.62 Å². The Bertz CT molecular complexity index is 113. The number of aliphatic hydroxyl groups is 1. The van der Waals surface area contributed by atoms with Crippen LogP contribution in [0.15, 0.2) is 0 Å². The fourth-order valence-corrected chi connectivity index (χ4v) is 1.56. The molecule has 1 saturated carbocycles. The van der Waals surface area contributed by atoms with Crippen molar-refractivity contribution in [2.45, 2.75) is 25.3 Å². The highest BCUT2D eigenvalue weighted by Gasteiger charge is 2.23. The van der Waals surface area contributed by atoms with Gasteiger partial charge in [0.2, 0.25) is 0 Å². The van der Waals surface area contributed by atoms with Crippen LogP contribution in [0.3, 0.4) is 0 Å². The molecular weight excluding hydrogens is 141 g/mol. The molecule has 4 heteroatoms. The summed E-state index contributed by atoms with van der Waals surface area (Å²) in [5.41, 5.74) is 0. The lowest BCUT2D eigenvalue weighted by Crippen LogP contribution is -2.31. The molecule has 1 fully saturated rings. The van der Waals surface area contributed by atoms with Gasteiger partial charge < -0.3 is 15.0 Å². The van der Waals surface area contributed by atoms with Gasteiger partial charge in [-0.1, -0.05) is 0 Å². The number of rotatable bonds is 4. The van der Waals surface area contributed by atoms with Gasteiger partial charge in [-0.2, -0.15) is 0 Å². The molecule has 0 aromatic heterocycles. The molecule has 1 aliphatic rings. The molecular formula is C7H15BNO2. The van der Waals surface area contributed by atoms with Gasteiger partial charge in [0.05, 0.1) is 0 Å². The van der Waals surface area contributed by atoms with Crippen LogP contribution in [0.2, 0.25) is 0 Å². The van der Waals surface area contributed by atoms with Crippen molar-refractivity contribution in [2.24, 2.45) is 5.92 Å². The topological polar surface area (TPSA) is 41.5 Å². The second-order valence-electron chi connectivity index (χ2n) is 3.08. The van der Waals surface area contributed by atoms with E-state index in [1.165, 1.54) is 0 Å². The first-order chi connectivity index (χ1) is 5.36. The summed E-state index contributed by atoms with van der Waals surface area (Å²) in [6.07, 6.45) is 3.34. The molecule has 0 spiro atoms. The van der Waals surface area contributed by atoms with Gasteiger partial charge in [0.1, 0.15) is 0 Å². The average Bonchev–Trinajstić information content (AvgIpc) is 2.48. The van der Waals surface area contributed by atoms with Crippen LogP contribution in [0, 0.1) is 5.92 Å². The first-order valence-corrected chi connectivity index (χ1v) is 4.08. The third kappa shape index (κ3) is 2.81. The van der Waals surface area contributed by atoms with E-state index in [0.717, 1.165) is 19.3 Å². The van der Waals surface area contributed by atoms with Gasteiger partial charge in [-0.25, -0.2) is 0 Å². The Morgan fingerprint density at radius 1 is 1.64 bits per heavy atom. The minimum atomic E-state index is 0.325. The maximum atomic E-state index is 8.84. The van der Waals surface area contributed by atoms with E-state index < -0.39 is 0 Å². The van der Waals surface area contributed by atoms with E-state index >= 15 is 0 Å². The quantitative estimate of drug-likeness (QED) is 0.559. The van der Waals surface area contributed by atoms with Crippen LogP contribution < -0.4 is 5.23 Å². The highest BCUT2D eigenvalue weighted by atomic mass is 16.4. The molecule has 63 valence electrons. The summed E-state index contributed by atoms with van der Waals surface area (Å²) in [5, 5.41) is 12.0. The van der Waals surface area contributed by atoms with Crippen molar-refractivity contribution in [3.63, 3.8) is 0 Å². The summed E-state index contributed by atoms with van der Waals surface area (Å²) in [4.78, 5) is 0. The first-order valence-electron chi connectivity index (χ1n) is 4.08. The first kappa shape index (κ1) is 9.04. The zero-order valence-corrected chi connectivity index (χ0v) is 6.92. The Kier molecular flexibility index (Phi) is 3.90. The Morgan fingerprint density at radius 3 is 3.00 bits per heavy atom. The smallest absolute Gasteiger partial charge is 0.395 e. The number of hydrogen-bond acceptors (Lipinski definition) is 3. The van der Waals surface area contributed by atoms with Crippen molar-refractivity contribution in [3.05, 3.63) is 0 Å². The third-order valence-corrected chi connectivity index (χ3v) is 2.22. The van der Waals surface area contributed by atoms with Crippen LogP contribution in [0.25, 0.3) is 0 Å².